The molecule has 1 saturated heterocycles. The predicted octanol–water partition coefficient (Wildman–Crippen LogP) is -0.269. The molecule has 1 aliphatic heterocycles. The molecule has 2 N–H and O–H groups in total. The Morgan fingerprint density at radius 1 is 1.71 bits per heavy atom. The average molecular weight is 195 g/mol. The van der Waals surface area contributed by atoms with Crippen molar-refractivity contribution in [1.82, 2.24) is 9.97 Å². The highest BCUT2D eigenvalue weighted by atomic mass is 16.3. The minimum atomic E-state index is -0.662. The highest BCUT2D eigenvalue weighted by Gasteiger charge is 2.31. The summed E-state index contributed by atoms with van der Waals surface area (Å²) in [6, 6.07) is 1.45. The van der Waals surface area contributed by atoms with Gasteiger partial charge in [0.25, 0.3) is 5.56 Å². The van der Waals surface area contributed by atoms with Crippen molar-refractivity contribution in [1.29, 1.82) is 0 Å². The SMILES string of the molecule is CC1(O)CCN(c2cc(=O)[nH]cn2)C1. The van der Waals surface area contributed by atoms with Crippen LogP contribution in [0.3, 0.4) is 0 Å². The second-order valence-corrected chi connectivity index (χ2v) is 3.94. The van der Waals surface area contributed by atoms with Crippen LogP contribution >= 0.6 is 0 Å². The molecule has 0 aliphatic carbocycles. The van der Waals surface area contributed by atoms with Gasteiger partial charge in [-0.3, -0.25) is 4.79 Å². The molecule has 1 aromatic heterocycles. The average Bonchev–Trinajstić information content (AvgIpc) is 2.46. The number of hydrogen-bond acceptors (Lipinski definition) is 4. The van der Waals surface area contributed by atoms with Gasteiger partial charge in [-0.1, -0.05) is 0 Å². The predicted molar refractivity (Wildman–Crippen MR) is 52.3 cm³/mol. The van der Waals surface area contributed by atoms with Crippen LogP contribution in [0, 0.1) is 0 Å². The van der Waals surface area contributed by atoms with E-state index in [1.165, 1.54) is 12.4 Å². The summed E-state index contributed by atoms with van der Waals surface area (Å²) in [7, 11) is 0. The molecule has 1 fully saturated rings. The Balaban J connectivity index is 2.22. The Kier molecular flexibility index (Phi) is 2.03. The van der Waals surface area contributed by atoms with Gasteiger partial charge in [-0.25, -0.2) is 4.98 Å². The van der Waals surface area contributed by atoms with Crippen molar-refractivity contribution >= 4 is 5.82 Å². The van der Waals surface area contributed by atoms with Crippen LogP contribution in [-0.2, 0) is 0 Å². The van der Waals surface area contributed by atoms with Crippen LogP contribution in [0.4, 0.5) is 5.82 Å². The first kappa shape index (κ1) is 9.21. The molecule has 0 spiro atoms. The standard InChI is InChI=1S/C9H13N3O2/c1-9(14)2-3-12(5-9)7-4-8(13)11-6-10-7/h4,6,14H,2-3,5H2,1H3,(H,10,11,13). The van der Waals surface area contributed by atoms with Gasteiger partial charge < -0.3 is 15.0 Å². The minimum Gasteiger partial charge on any atom is -0.388 e. The van der Waals surface area contributed by atoms with E-state index in [-0.39, 0.29) is 5.56 Å². The number of aromatic amines is 1. The van der Waals surface area contributed by atoms with Crippen molar-refractivity contribution in [2.24, 2.45) is 0 Å². The maximum Gasteiger partial charge on any atom is 0.252 e. The minimum absolute atomic E-state index is 0.165. The van der Waals surface area contributed by atoms with Crippen LogP contribution in [-0.4, -0.2) is 33.8 Å². The van der Waals surface area contributed by atoms with Gasteiger partial charge in [0.05, 0.1) is 11.9 Å². The lowest BCUT2D eigenvalue weighted by Gasteiger charge is -2.19. The third-order valence-corrected chi connectivity index (χ3v) is 2.44. The first-order valence-corrected chi connectivity index (χ1v) is 4.59. The van der Waals surface area contributed by atoms with E-state index in [9.17, 15) is 9.90 Å². The van der Waals surface area contributed by atoms with Crippen molar-refractivity contribution in [2.75, 3.05) is 18.0 Å². The lowest BCUT2D eigenvalue weighted by atomic mass is 10.1. The maximum absolute atomic E-state index is 11.0. The van der Waals surface area contributed by atoms with Crippen molar-refractivity contribution in [2.45, 2.75) is 18.9 Å². The number of nitrogens with one attached hydrogen (secondary N) is 1. The Morgan fingerprint density at radius 2 is 2.50 bits per heavy atom. The van der Waals surface area contributed by atoms with Gasteiger partial charge in [0.1, 0.15) is 5.82 Å². The number of nitrogens with zero attached hydrogens (tertiary/aromatic N) is 2. The van der Waals surface area contributed by atoms with Crippen LogP contribution in [0.5, 0.6) is 0 Å². The zero-order chi connectivity index (χ0) is 10.2. The zero-order valence-corrected chi connectivity index (χ0v) is 8.03. The summed E-state index contributed by atoms with van der Waals surface area (Å²) in [6.07, 6.45) is 2.09. The topological polar surface area (TPSA) is 69.2 Å². The summed E-state index contributed by atoms with van der Waals surface area (Å²) in [4.78, 5) is 19.4. The van der Waals surface area contributed by atoms with Crippen molar-refractivity contribution in [3.05, 3.63) is 22.7 Å². The number of β-amino-alcohol motifs (C(OH)–C–C–N with tert-alkyl or cyclic N) is 1. The normalized spacial score (nSPS) is 26.9. The smallest absolute Gasteiger partial charge is 0.252 e. The molecule has 76 valence electrons. The molecule has 2 heterocycles. The molecule has 0 radical (unpaired) electrons. The second kappa shape index (κ2) is 3.09. The molecule has 0 aromatic carbocycles. The lowest BCUT2D eigenvalue weighted by molar-refractivity contribution is 0.0839. The van der Waals surface area contributed by atoms with Crippen LogP contribution in [0.1, 0.15) is 13.3 Å². The van der Waals surface area contributed by atoms with E-state index >= 15 is 0 Å². The van der Waals surface area contributed by atoms with Gasteiger partial charge in [0, 0.05) is 19.2 Å². The fraction of sp³-hybridized carbons (Fsp3) is 0.556. The Morgan fingerprint density at radius 3 is 3.07 bits per heavy atom. The highest BCUT2D eigenvalue weighted by Crippen LogP contribution is 2.23. The maximum atomic E-state index is 11.0. The number of aromatic nitrogens is 2. The number of hydrogen-bond donors (Lipinski definition) is 2. The van der Waals surface area contributed by atoms with Crippen LogP contribution < -0.4 is 10.5 Å². The Bertz CT molecular complexity index is 386. The zero-order valence-electron chi connectivity index (χ0n) is 8.03. The Labute approximate surface area is 81.4 Å². The molecule has 1 aromatic rings. The molecule has 1 atom stereocenters. The molecule has 2 rings (SSSR count). The number of rotatable bonds is 1. The highest BCUT2D eigenvalue weighted by molar-refractivity contribution is 5.38. The van der Waals surface area contributed by atoms with Gasteiger partial charge in [0.2, 0.25) is 0 Å². The summed E-state index contributed by atoms with van der Waals surface area (Å²) < 4.78 is 0. The van der Waals surface area contributed by atoms with Gasteiger partial charge in [-0.15, -0.1) is 0 Å². The fourth-order valence-corrected chi connectivity index (χ4v) is 1.67. The van der Waals surface area contributed by atoms with Crippen LogP contribution in [0.25, 0.3) is 0 Å². The van der Waals surface area contributed by atoms with E-state index < -0.39 is 5.60 Å². The van der Waals surface area contributed by atoms with Crippen molar-refractivity contribution < 1.29 is 5.11 Å². The van der Waals surface area contributed by atoms with E-state index in [4.69, 9.17) is 0 Å². The molecule has 1 unspecified atom stereocenters. The Hall–Kier alpha value is -1.36. The largest absolute Gasteiger partial charge is 0.388 e. The number of aliphatic hydroxyl groups is 1. The van der Waals surface area contributed by atoms with Crippen LogP contribution in [0.15, 0.2) is 17.2 Å². The molecular formula is C9H13N3O2. The quantitative estimate of drug-likeness (QED) is 0.647. The molecule has 5 heteroatoms. The van der Waals surface area contributed by atoms with E-state index in [1.54, 1.807) is 6.92 Å². The van der Waals surface area contributed by atoms with E-state index in [2.05, 4.69) is 9.97 Å². The summed E-state index contributed by atoms with van der Waals surface area (Å²) in [5.41, 5.74) is -0.828. The summed E-state index contributed by atoms with van der Waals surface area (Å²) in [6.45, 7) is 3.06. The third-order valence-electron chi connectivity index (χ3n) is 2.44. The van der Waals surface area contributed by atoms with E-state index in [0.29, 0.717) is 18.8 Å². The van der Waals surface area contributed by atoms with Crippen molar-refractivity contribution in [3.63, 3.8) is 0 Å². The summed E-state index contributed by atoms with van der Waals surface area (Å²) >= 11 is 0. The molecule has 1 aliphatic rings. The first-order chi connectivity index (χ1) is 6.57. The molecule has 5 nitrogen and oxygen atoms in total. The van der Waals surface area contributed by atoms with Crippen LogP contribution in [0.2, 0.25) is 0 Å². The fourth-order valence-electron chi connectivity index (χ4n) is 1.67. The summed E-state index contributed by atoms with van der Waals surface area (Å²) in [5, 5.41) is 9.74. The second-order valence-electron chi connectivity index (χ2n) is 3.94. The number of anilines is 1. The third kappa shape index (κ3) is 1.77. The lowest BCUT2D eigenvalue weighted by Crippen LogP contribution is -2.30. The van der Waals surface area contributed by atoms with Gasteiger partial charge >= 0.3 is 0 Å². The molecule has 14 heavy (non-hydrogen) atoms. The molecular weight excluding hydrogens is 182 g/mol. The molecule has 0 bridgehead atoms. The molecule has 0 saturated carbocycles. The van der Waals surface area contributed by atoms with E-state index in [1.807, 2.05) is 4.90 Å². The number of H-pyrrole nitrogens is 1. The van der Waals surface area contributed by atoms with Gasteiger partial charge in [-0.05, 0) is 13.3 Å². The summed E-state index contributed by atoms with van der Waals surface area (Å²) in [5.74, 6) is 0.631. The van der Waals surface area contributed by atoms with Gasteiger partial charge in [-0.2, -0.15) is 0 Å². The van der Waals surface area contributed by atoms with Crippen molar-refractivity contribution in [3.8, 4) is 0 Å². The van der Waals surface area contributed by atoms with E-state index in [0.717, 1.165) is 6.54 Å². The van der Waals surface area contributed by atoms with Gasteiger partial charge in [0.15, 0.2) is 0 Å². The first-order valence-electron chi connectivity index (χ1n) is 4.59. The molecule has 0 amide bonds. The monoisotopic (exact) mass is 195 g/mol.